The van der Waals surface area contributed by atoms with Crippen molar-refractivity contribution in [2.45, 2.75) is 21.9 Å². The Morgan fingerprint density at radius 3 is 2.47 bits per heavy atom. The smallest absolute Gasteiger partial charge is 0.257 e. The van der Waals surface area contributed by atoms with Gasteiger partial charge in [0.15, 0.2) is 4.34 Å². The number of anilines is 1. The molecule has 0 bridgehead atoms. The highest BCUT2D eigenvalue weighted by molar-refractivity contribution is 8.00. The fraction of sp³-hybridized carbons (Fsp3) is 0.286. The zero-order valence-corrected chi connectivity index (χ0v) is 19.8. The third kappa shape index (κ3) is 5.54. The minimum Gasteiger partial charge on any atom is -0.379 e. The predicted octanol–water partition coefficient (Wildman–Crippen LogP) is 3.41. The van der Waals surface area contributed by atoms with Crippen LogP contribution >= 0.6 is 23.1 Å². The van der Waals surface area contributed by atoms with Gasteiger partial charge >= 0.3 is 0 Å². The van der Waals surface area contributed by atoms with Crippen LogP contribution in [-0.4, -0.2) is 55.1 Å². The number of thioether (sulfide) groups is 1. The molecule has 0 unspecified atom stereocenters. The van der Waals surface area contributed by atoms with Crippen LogP contribution in [0.1, 0.15) is 21.5 Å². The van der Waals surface area contributed by atoms with Gasteiger partial charge in [-0.25, -0.2) is 8.42 Å². The number of sulfonamides is 1. The Bertz CT molecular complexity index is 1170. The maximum atomic E-state index is 12.7. The molecule has 1 aliphatic rings. The molecule has 0 spiro atoms. The van der Waals surface area contributed by atoms with E-state index in [-0.39, 0.29) is 10.8 Å². The molecule has 0 aliphatic carbocycles. The Morgan fingerprint density at radius 1 is 1.09 bits per heavy atom. The van der Waals surface area contributed by atoms with Gasteiger partial charge in [-0.05, 0) is 36.8 Å². The molecule has 2 heterocycles. The highest BCUT2D eigenvalue weighted by atomic mass is 32.2. The molecule has 0 saturated carbocycles. The maximum Gasteiger partial charge on any atom is 0.257 e. The number of ether oxygens (including phenoxy) is 1. The molecule has 1 aromatic heterocycles. The Balaban J connectivity index is 1.35. The van der Waals surface area contributed by atoms with Crippen LogP contribution in [-0.2, 0) is 20.5 Å². The number of carbonyl (C=O) groups is 1. The van der Waals surface area contributed by atoms with E-state index in [0.717, 1.165) is 10.1 Å². The second-order valence-corrected chi connectivity index (χ2v) is 11.3. The quantitative estimate of drug-likeness (QED) is 0.400. The number of amides is 1. The summed E-state index contributed by atoms with van der Waals surface area (Å²) in [7, 11) is -3.59. The van der Waals surface area contributed by atoms with Gasteiger partial charge in [0.2, 0.25) is 15.2 Å². The number of carbonyl (C=O) groups excluding carboxylic acids is 1. The van der Waals surface area contributed by atoms with E-state index in [1.54, 1.807) is 11.8 Å². The summed E-state index contributed by atoms with van der Waals surface area (Å²) in [5, 5.41) is 11.3. The molecule has 168 valence electrons. The largest absolute Gasteiger partial charge is 0.379 e. The second-order valence-electron chi connectivity index (χ2n) is 7.14. The first kappa shape index (κ1) is 22.9. The summed E-state index contributed by atoms with van der Waals surface area (Å²) < 4.78 is 32.7. The molecule has 0 radical (unpaired) electrons. The summed E-state index contributed by atoms with van der Waals surface area (Å²) in [6.07, 6.45) is 0. The zero-order valence-electron chi connectivity index (χ0n) is 17.4. The van der Waals surface area contributed by atoms with E-state index >= 15 is 0 Å². The lowest BCUT2D eigenvalue weighted by molar-refractivity contribution is 0.0730. The normalized spacial score (nSPS) is 14.9. The van der Waals surface area contributed by atoms with E-state index < -0.39 is 10.0 Å². The lowest BCUT2D eigenvalue weighted by Crippen LogP contribution is -2.40. The number of nitrogens with zero attached hydrogens (tertiary/aromatic N) is 3. The van der Waals surface area contributed by atoms with Gasteiger partial charge in [0.25, 0.3) is 5.91 Å². The molecule has 1 amide bonds. The predicted molar refractivity (Wildman–Crippen MR) is 125 cm³/mol. The molecule has 8 nitrogen and oxygen atoms in total. The molecule has 3 aromatic rings. The van der Waals surface area contributed by atoms with Gasteiger partial charge in [-0.1, -0.05) is 52.9 Å². The van der Waals surface area contributed by atoms with Crippen LogP contribution in [0.2, 0.25) is 0 Å². The van der Waals surface area contributed by atoms with Crippen molar-refractivity contribution >= 4 is 44.2 Å². The van der Waals surface area contributed by atoms with Crippen molar-refractivity contribution in [1.29, 1.82) is 0 Å². The summed E-state index contributed by atoms with van der Waals surface area (Å²) >= 11 is 2.85. The molecule has 0 atom stereocenters. The summed E-state index contributed by atoms with van der Waals surface area (Å²) in [5.41, 5.74) is 2.75. The van der Waals surface area contributed by atoms with Crippen molar-refractivity contribution in [2.75, 3.05) is 31.6 Å². The zero-order chi connectivity index (χ0) is 22.6. The third-order valence-electron chi connectivity index (χ3n) is 4.83. The highest BCUT2D eigenvalue weighted by Crippen LogP contribution is 2.28. The Hall–Kier alpha value is -2.31. The molecule has 4 rings (SSSR count). The van der Waals surface area contributed by atoms with Gasteiger partial charge in [0.05, 0.1) is 18.1 Å². The molecule has 1 N–H and O–H groups in total. The Labute approximate surface area is 195 Å². The van der Waals surface area contributed by atoms with Crippen molar-refractivity contribution in [2.24, 2.45) is 0 Å². The van der Waals surface area contributed by atoms with Crippen molar-refractivity contribution in [3.05, 3.63) is 65.2 Å². The molecule has 11 heteroatoms. The van der Waals surface area contributed by atoms with Crippen LogP contribution in [0.25, 0.3) is 0 Å². The monoisotopic (exact) mass is 490 g/mol. The first-order chi connectivity index (χ1) is 15.4. The maximum absolute atomic E-state index is 12.7. The topological polar surface area (TPSA) is 101 Å². The van der Waals surface area contributed by atoms with E-state index in [4.69, 9.17) is 4.74 Å². The average molecular weight is 491 g/mol. The standard InChI is InChI=1S/C21H22N4O4S3/c1-15-2-4-16(5-3-15)14-30-21-24-23-20(31-21)22-19(26)17-6-8-18(9-7-17)32(27,28)25-10-12-29-13-11-25/h2-9H,10-14H2,1H3,(H,22,23,26). The number of rotatable bonds is 7. The van der Waals surface area contributed by atoms with Gasteiger partial charge < -0.3 is 4.74 Å². The van der Waals surface area contributed by atoms with Gasteiger partial charge in [0, 0.05) is 24.4 Å². The van der Waals surface area contributed by atoms with Crippen molar-refractivity contribution in [1.82, 2.24) is 14.5 Å². The number of aromatic nitrogens is 2. The second kappa shape index (κ2) is 10.1. The number of hydrogen-bond donors (Lipinski definition) is 1. The van der Waals surface area contributed by atoms with Crippen LogP contribution in [0.15, 0.2) is 57.8 Å². The van der Waals surface area contributed by atoms with Crippen molar-refractivity contribution < 1.29 is 17.9 Å². The molecule has 2 aromatic carbocycles. The van der Waals surface area contributed by atoms with Crippen LogP contribution in [0.4, 0.5) is 5.13 Å². The summed E-state index contributed by atoms with van der Waals surface area (Å²) in [6.45, 7) is 3.46. The molecular formula is C21H22N4O4S3. The number of morpholine rings is 1. The van der Waals surface area contributed by atoms with Gasteiger partial charge in [0.1, 0.15) is 0 Å². The minimum atomic E-state index is -3.59. The van der Waals surface area contributed by atoms with Gasteiger partial charge in [-0.3, -0.25) is 10.1 Å². The summed E-state index contributed by atoms with van der Waals surface area (Å²) in [4.78, 5) is 12.7. The highest BCUT2D eigenvalue weighted by Gasteiger charge is 2.26. The van der Waals surface area contributed by atoms with Crippen LogP contribution in [0, 0.1) is 6.92 Å². The average Bonchev–Trinajstić information content (AvgIpc) is 3.26. The SMILES string of the molecule is Cc1ccc(CSc2nnc(NC(=O)c3ccc(S(=O)(=O)N4CCOCC4)cc3)s2)cc1. The van der Waals surface area contributed by atoms with E-state index in [2.05, 4.69) is 39.8 Å². The molecule has 1 aliphatic heterocycles. The Morgan fingerprint density at radius 2 is 1.78 bits per heavy atom. The van der Waals surface area contributed by atoms with Crippen LogP contribution in [0.3, 0.4) is 0 Å². The summed E-state index contributed by atoms with van der Waals surface area (Å²) in [5.74, 6) is 0.397. The number of benzene rings is 2. The minimum absolute atomic E-state index is 0.154. The lowest BCUT2D eigenvalue weighted by Gasteiger charge is -2.26. The van der Waals surface area contributed by atoms with E-state index in [1.807, 2.05) is 6.92 Å². The number of nitrogens with one attached hydrogen (secondary N) is 1. The third-order valence-corrected chi connectivity index (χ3v) is 8.79. The van der Waals surface area contributed by atoms with Gasteiger partial charge in [-0.15, -0.1) is 10.2 Å². The van der Waals surface area contributed by atoms with Crippen LogP contribution < -0.4 is 5.32 Å². The number of hydrogen-bond acceptors (Lipinski definition) is 8. The fourth-order valence-electron chi connectivity index (χ4n) is 3.03. The first-order valence-corrected chi connectivity index (χ1v) is 13.2. The fourth-order valence-corrected chi connectivity index (χ4v) is 6.14. The first-order valence-electron chi connectivity index (χ1n) is 9.93. The molecular weight excluding hydrogens is 468 g/mol. The summed E-state index contributed by atoms with van der Waals surface area (Å²) in [6, 6.07) is 14.2. The molecule has 1 saturated heterocycles. The number of aryl methyl sites for hydroxylation is 1. The van der Waals surface area contributed by atoms with Gasteiger partial charge in [-0.2, -0.15) is 4.31 Å². The van der Waals surface area contributed by atoms with E-state index in [9.17, 15) is 13.2 Å². The molecule has 1 fully saturated rings. The lowest BCUT2D eigenvalue weighted by atomic mass is 10.2. The van der Waals surface area contributed by atoms with Crippen molar-refractivity contribution in [3.63, 3.8) is 0 Å². The van der Waals surface area contributed by atoms with E-state index in [1.165, 1.54) is 51.0 Å². The van der Waals surface area contributed by atoms with Crippen LogP contribution in [0.5, 0.6) is 0 Å². The van der Waals surface area contributed by atoms with E-state index in [0.29, 0.717) is 37.0 Å². The Kier molecular flexibility index (Phi) is 7.21. The molecule has 32 heavy (non-hydrogen) atoms. The van der Waals surface area contributed by atoms with Crippen molar-refractivity contribution in [3.8, 4) is 0 Å².